The van der Waals surface area contributed by atoms with Gasteiger partial charge in [-0.05, 0) is 38.8 Å². The number of carbonyl (C=O) groups excluding carboxylic acids is 1. The molecule has 25 heavy (non-hydrogen) atoms. The predicted molar refractivity (Wildman–Crippen MR) is 104 cm³/mol. The second-order valence-corrected chi connectivity index (χ2v) is 6.97. The highest BCUT2D eigenvalue weighted by molar-refractivity contribution is 6.10. The van der Waals surface area contributed by atoms with Crippen molar-refractivity contribution >= 4 is 27.8 Å². The summed E-state index contributed by atoms with van der Waals surface area (Å²) in [6.07, 6.45) is 2.60. The van der Waals surface area contributed by atoms with Crippen LogP contribution in [0.5, 0.6) is 5.75 Å². The third-order valence-electron chi connectivity index (χ3n) is 5.35. The molecule has 0 fully saturated rings. The largest absolute Gasteiger partial charge is 0.424 e. The lowest BCUT2D eigenvalue weighted by Crippen LogP contribution is -2.31. The Morgan fingerprint density at radius 2 is 1.76 bits per heavy atom. The molecule has 0 radical (unpaired) electrons. The van der Waals surface area contributed by atoms with E-state index in [-0.39, 0.29) is 5.97 Å². The summed E-state index contributed by atoms with van der Waals surface area (Å²) in [6, 6.07) is 14.3. The number of carbonyl (C=O) groups is 1. The molecule has 3 rings (SSSR count). The molecule has 1 unspecified atom stereocenters. The number of rotatable bonds is 6. The van der Waals surface area contributed by atoms with E-state index in [0.717, 1.165) is 36.7 Å². The number of para-hydroxylation sites is 2. The van der Waals surface area contributed by atoms with Gasteiger partial charge in [0.25, 0.3) is 0 Å². The summed E-state index contributed by atoms with van der Waals surface area (Å²) in [5.74, 6) is 0.536. The highest BCUT2D eigenvalue weighted by Gasteiger charge is 2.33. The van der Waals surface area contributed by atoms with Crippen LogP contribution in [0.2, 0.25) is 0 Å². The molecule has 3 aromatic rings. The van der Waals surface area contributed by atoms with Crippen LogP contribution in [-0.4, -0.2) is 10.5 Å². The predicted octanol–water partition coefficient (Wildman–Crippen LogP) is 5.94. The maximum Gasteiger partial charge on any atom is 0.317 e. The molecule has 3 nitrogen and oxygen atoms in total. The molecular formula is C22H27NO2. The summed E-state index contributed by atoms with van der Waals surface area (Å²) in [7, 11) is 0. The quantitative estimate of drug-likeness (QED) is 0.412. The van der Waals surface area contributed by atoms with Gasteiger partial charge in [0.15, 0.2) is 5.75 Å². The average molecular weight is 337 g/mol. The van der Waals surface area contributed by atoms with E-state index < -0.39 is 5.41 Å². The van der Waals surface area contributed by atoms with Gasteiger partial charge in [-0.15, -0.1) is 0 Å². The number of hydrogen-bond acceptors (Lipinski definition) is 2. The maximum atomic E-state index is 12.9. The third-order valence-corrected chi connectivity index (χ3v) is 5.35. The topological polar surface area (TPSA) is 31.2 Å². The van der Waals surface area contributed by atoms with Crippen LogP contribution >= 0.6 is 0 Å². The lowest BCUT2D eigenvalue weighted by molar-refractivity contribution is -0.145. The minimum Gasteiger partial charge on any atom is -0.424 e. The van der Waals surface area contributed by atoms with E-state index in [2.05, 4.69) is 55.7 Å². The van der Waals surface area contributed by atoms with Gasteiger partial charge in [0.05, 0.1) is 10.9 Å². The molecular weight excluding hydrogens is 310 g/mol. The van der Waals surface area contributed by atoms with Crippen LogP contribution in [0.3, 0.4) is 0 Å². The summed E-state index contributed by atoms with van der Waals surface area (Å²) < 4.78 is 8.18. The molecule has 0 saturated carbocycles. The summed E-state index contributed by atoms with van der Waals surface area (Å²) in [5, 5.41) is 2.33. The van der Waals surface area contributed by atoms with Crippen molar-refractivity contribution in [1.82, 2.24) is 4.57 Å². The fourth-order valence-electron chi connectivity index (χ4n) is 3.68. The van der Waals surface area contributed by atoms with Gasteiger partial charge in [0.2, 0.25) is 0 Å². The summed E-state index contributed by atoms with van der Waals surface area (Å²) in [5.41, 5.74) is 1.75. The van der Waals surface area contributed by atoms with Crippen LogP contribution < -0.4 is 4.74 Å². The minimum atomic E-state index is -0.431. The Morgan fingerprint density at radius 3 is 2.44 bits per heavy atom. The zero-order valence-corrected chi connectivity index (χ0v) is 15.6. The van der Waals surface area contributed by atoms with Gasteiger partial charge < -0.3 is 9.30 Å². The zero-order valence-electron chi connectivity index (χ0n) is 15.6. The molecule has 0 amide bonds. The van der Waals surface area contributed by atoms with Crippen LogP contribution in [0.1, 0.15) is 47.0 Å². The van der Waals surface area contributed by atoms with Crippen molar-refractivity contribution in [2.45, 2.75) is 53.5 Å². The van der Waals surface area contributed by atoms with Gasteiger partial charge >= 0.3 is 5.97 Å². The lowest BCUT2D eigenvalue weighted by Gasteiger charge is -2.25. The Morgan fingerprint density at radius 1 is 1.04 bits per heavy atom. The SMILES string of the molecule is CCCC(C)(CC)C(=O)Oc1cccc2c3ccccc3n(CC)c12. The van der Waals surface area contributed by atoms with Crippen molar-refractivity contribution in [2.75, 3.05) is 0 Å². The Labute approximate surface area is 149 Å². The molecule has 0 bridgehead atoms. The van der Waals surface area contributed by atoms with Gasteiger partial charge in [-0.3, -0.25) is 4.79 Å². The second-order valence-electron chi connectivity index (χ2n) is 6.97. The molecule has 2 aromatic carbocycles. The first kappa shape index (κ1) is 17.5. The van der Waals surface area contributed by atoms with Gasteiger partial charge in [-0.2, -0.15) is 0 Å². The van der Waals surface area contributed by atoms with E-state index in [4.69, 9.17) is 4.74 Å². The van der Waals surface area contributed by atoms with Crippen molar-refractivity contribution in [3.05, 3.63) is 42.5 Å². The van der Waals surface area contributed by atoms with Crippen molar-refractivity contribution < 1.29 is 9.53 Å². The normalized spacial score (nSPS) is 13.9. The van der Waals surface area contributed by atoms with Gasteiger partial charge in [-0.25, -0.2) is 0 Å². The number of esters is 1. The van der Waals surface area contributed by atoms with Crippen LogP contribution in [0.4, 0.5) is 0 Å². The highest BCUT2D eigenvalue weighted by atomic mass is 16.5. The number of ether oxygens (including phenoxy) is 1. The Kier molecular flexibility index (Phi) is 4.85. The number of fused-ring (bicyclic) bond motifs is 3. The smallest absolute Gasteiger partial charge is 0.317 e. The molecule has 1 atom stereocenters. The summed E-state index contributed by atoms with van der Waals surface area (Å²) in [4.78, 5) is 12.9. The molecule has 132 valence electrons. The van der Waals surface area contributed by atoms with E-state index in [1.54, 1.807) is 0 Å². The highest BCUT2D eigenvalue weighted by Crippen LogP contribution is 2.37. The van der Waals surface area contributed by atoms with Gasteiger partial charge in [0, 0.05) is 22.8 Å². The molecule has 0 N–H and O–H groups in total. The third kappa shape index (κ3) is 2.92. The van der Waals surface area contributed by atoms with E-state index >= 15 is 0 Å². The Balaban J connectivity index is 2.13. The lowest BCUT2D eigenvalue weighted by atomic mass is 9.83. The van der Waals surface area contributed by atoms with E-state index in [0.29, 0.717) is 5.75 Å². The number of hydrogen-bond donors (Lipinski definition) is 0. The van der Waals surface area contributed by atoms with Crippen LogP contribution in [0.25, 0.3) is 21.8 Å². The minimum absolute atomic E-state index is 0.128. The number of benzene rings is 2. The van der Waals surface area contributed by atoms with Crippen LogP contribution in [0.15, 0.2) is 42.5 Å². The first-order valence-electron chi connectivity index (χ1n) is 9.28. The zero-order chi connectivity index (χ0) is 18.0. The van der Waals surface area contributed by atoms with Gasteiger partial charge in [0.1, 0.15) is 0 Å². The van der Waals surface area contributed by atoms with E-state index in [9.17, 15) is 4.79 Å². The fraction of sp³-hybridized carbons (Fsp3) is 0.409. The molecule has 1 aromatic heterocycles. The summed E-state index contributed by atoms with van der Waals surface area (Å²) >= 11 is 0. The second kappa shape index (κ2) is 6.91. The number of nitrogens with zero attached hydrogens (tertiary/aromatic N) is 1. The average Bonchev–Trinajstić information content (AvgIpc) is 2.96. The molecule has 0 aliphatic rings. The van der Waals surface area contributed by atoms with Crippen molar-refractivity contribution in [3.63, 3.8) is 0 Å². The maximum absolute atomic E-state index is 12.9. The first-order valence-corrected chi connectivity index (χ1v) is 9.28. The van der Waals surface area contributed by atoms with Gasteiger partial charge in [-0.1, -0.05) is 50.6 Å². The first-order chi connectivity index (χ1) is 12.1. The van der Waals surface area contributed by atoms with Crippen molar-refractivity contribution in [3.8, 4) is 5.75 Å². The molecule has 0 spiro atoms. The molecule has 1 heterocycles. The monoisotopic (exact) mass is 337 g/mol. The number of aromatic nitrogens is 1. The molecule has 0 aliphatic carbocycles. The standard InChI is InChI=1S/C22H27NO2/c1-5-15-22(4,6-2)21(24)25-19-14-10-12-17-16-11-8-9-13-18(16)23(7-3)20(17)19/h8-14H,5-7,15H2,1-4H3. The van der Waals surface area contributed by atoms with E-state index in [1.807, 2.05) is 19.1 Å². The Hall–Kier alpha value is -2.29. The van der Waals surface area contributed by atoms with Crippen LogP contribution in [0, 0.1) is 5.41 Å². The number of aryl methyl sites for hydroxylation is 1. The van der Waals surface area contributed by atoms with Crippen molar-refractivity contribution in [1.29, 1.82) is 0 Å². The Bertz CT molecular complexity index is 909. The molecule has 0 saturated heterocycles. The van der Waals surface area contributed by atoms with Crippen molar-refractivity contribution in [2.24, 2.45) is 5.41 Å². The van der Waals surface area contributed by atoms with E-state index in [1.165, 1.54) is 10.9 Å². The fourth-order valence-corrected chi connectivity index (χ4v) is 3.68. The molecule has 3 heteroatoms. The van der Waals surface area contributed by atoms with Crippen LogP contribution in [-0.2, 0) is 11.3 Å². The summed E-state index contributed by atoms with van der Waals surface area (Å²) in [6.45, 7) is 9.13. The molecule has 0 aliphatic heterocycles.